The van der Waals surface area contributed by atoms with Gasteiger partial charge in [-0.15, -0.1) is 0 Å². The number of para-hydroxylation sites is 1. The molecule has 102 valence electrons. The Kier molecular flexibility index (Phi) is 5.67. The fourth-order valence-electron chi connectivity index (χ4n) is 2.17. The maximum atomic E-state index is 3.57. The van der Waals surface area contributed by atoms with Crippen LogP contribution in [0.3, 0.4) is 0 Å². The summed E-state index contributed by atoms with van der Waals surface area (Å²) in [6.07, 6.45) is 1.22. The van der Waals surface area contributed by atoms with Gasteiger partial charge >= 0.3 is 0 Å². The van der Waals surface area contributed by atoms with Gasteiger partial charge in [-0.3, -0.25) is 0 Å². The quantitative estimate of drug-likeness (QED) is 0.825. The number of rotatable bonds is 6. The highest BCUT2D eigenvalue weighted by atomic mass is 15.1. The Morgan fingerprint density at radius 1 is 1.11 bits per heavy atom. The van der Waals surface area contributed by atoms with Crippen molar-refractivity contribution in [2.75, 3.05) is 32.0 Å². The normalized spacial score (nSPS) is 11.9. The second-order valence-electron chi connectivity index (χ2n) is 6.03. The lowest BCUT2D eigenvalue weighted by Gasteiger charge is -2.24. The van der Waals surface area contributed by atoms with Crippen LogP contribution in [0.1, 0.15) is 39.7 Å². The Labute approximate surface area is 112 Å². The molecule has 0 spiro atoms. The van der Waals surface area contributed by atoms with E-state index in [2.05, 4.69) is 69.2 Å². The van der Waals surface area contributed by atoms with Gasteiger partial charge in [0.25, 0.3) is 0 Å². The second kappa shape index (κ2) is 6.79. The van der Waals surface area contributed by atoms with Crippen molar-refractivity contribution in [2.45, 2.75) is 39.5 Å². The van der Waals surface area contributed by atoms with Crippen LogP contribution in [0.5, 0.6) is 0 Å². The highest BCUT2D eigenvalue weighted by Crippen LogP contribution is 2.28. The van der Waals surface area contributed by atoms with E-state index in [-0.39, 0.29) is 5.41 Å². The van der Waals surface area contributed by atoms with Gasteiger partial charge in [-0.2, -0.15) is 0 Å². The van der Waals surface area contributed by atoms with Gasteiger partial charge in [-0.25, -0.2) is 0 Å². The molecule has 0 heterocycles. The molecule has 0 aliphatic carbocycles. The van der Waals surface area contributed by atoms with Crippen molar-refractivity contribution in [3.05, 3.63) is 29.8 Å². The molecule has 0 saturated heterocycles. The predicted molar refractivity (Wildman–Crippen MR) is 81.4 cm³/mol. The molecule has 0 aliphatic heterocycles. The van der Waals surface area contributed by atoms with Gasteiger partial charge in [0.05, 0.1) is 0 Å². The SMILES string of the molecule is CCCN(C)CCNc1ccccc1C(C)(C)C. The average molecular weight is 248 g/mol. The van der Waals surface area contributed by atoms with Crippen LogP contribution in [-0.4, -0.2) is 31.6 Å². The van der Waals surface area contributed by atoms with Crippen LogP contribution in [0.2, 0.25) is 0 Å². The Bertz CT molecular complexity index is 352. The van der Waals surface area contributed by atoms with E-state index >= 15 is 0 Å². The lowest BCUT2D eigenvalue weighted by atomic mass is 9.86. The van der Waals surface area contributed by atoms with Crippen molar-refractivity contribution < 1.29 is 0 Å². The van der Waals surface area contributed by atoms with E-state index in [0.29, 0.717) is 0 Å². The molecule has 1 N–H and O–H groups in total. The van der Waals surface area contributed by atoms with Crippen molar-refractivity contribution in [3.8, 4) is 0 Å². The molecule has 0 bridgehead atoms. The van der Waals surface area contributed by atoms with Crippen LogP contribution in [0.15, 0.2) is 24.3 Å². The number of anilines is 1. The van der Waals surface area contributed by atoms with Gasteiger partial charge in [0, 0.05) is 18.8 Å². The number of benzene rings is 1. The van der Waals surface area contributed by atoms with E-state index in [1.54, 1.807) is 0 Å². The molecule has 0 unspecified atom stereocenters. The first-order chi connectivity index (χ1) is 8.45. The lowest BCUT2D eigenvalue weighted by molar-refractivity contribution is 0.348. The summed E-state index contributed by atoms with van der Waals surface area (Å²) in [6.45, 7) is 12.3. The van der Waals surface area contributed by atoms with E-state index in [1.807, 2.05) is 0 Å². The molecule has 0 fully saturated rings. The smallest absolute Gasteiger partial charge is 0.0378 e. The van der Waals surface area contributed by atoms with Gasteiger partial charge in [-0.05, 0) is 37.1 Å². The molecule has 0 aromatic heterocycles. The summed E-state index contributed by atoms with van der Waals surface area (Å²) >= 11 is 0. The van der Waals surface area contributed by atoms with Gasteiger partial charge in [0.1, 0.15) is 0 Å². The van der Waals surface area contributed by atoms with E-state index in [4.69, 9.17) is 0 Å². The van der Waals surface area contributed by atoms with Gasteiger partial charge in [-0.1, -0.05) is 45.9 Å². The largest absolute Gasteiger partial charge is 0.384 e. The molecule has 1 aromatic carbocycles. The summed E-state index contributed by atoms with van der Waals surface area (Å²) in [7, 11) is 2.18. The standard InChI is InChI=1S/C16H28N2/c1-6-12-18(5)13-11-17-15-10-8-7-9-14(15)16(2,3)4/h7-10,17H,6,11-13H2,1-5H3. The highest BCUT2D eigenvalue weighted by molar-refractivity contribution is 5.54. The molecule has 0 aliphatic rings. The van der Waals surface area contributed by atoms with E-state index in [1.165, 1.54) is 24.2 Å². The average Bonchev–Trinajstić information content (AvgIpc) is 2.28. The number of nitrogens with zero attached hydrogens (tertiary/aromatic N) is 1. The van der Waals surface area contributed by atoms with E-state index < -0.39 is 0 Å². The van der Waals surface area contributed by atoms with Gasteiger partial charge < -0.3 is 10.2 Å². The summed E-state index contributed by atoms with van der Waals surface area (Å²) in [5.41, 5.74) is 2.86. The van der Waals surface area contributed by atoms with Crippen molar-refractivity contribution in [1.29, 1.82) is 0 Å². The summed E-state index contributed by atoms with van der Waals surface area (Å²) < 4.78 is 0. The molecule has 1 rings (SSSR count). The molecule has 2 heteroatoms. The van der Waals surface area contributed by atoms with Crippen LogP contribution in [0, 0.1) is 0 Å². The number of hydrogen-bond donors (Lipinski definition) is 1. The Balaban J connectivity index is 2.57. The number of hydrogen-bond acceptors (Lipinski definition) is 2. The minimum absolute atomic E-state index is 0.193. The van der Waals surface area contributed by atoms with Crippen LogP contribution in [0.25, 0.3) is 0 Å². The summed E-state index contributed by atoms with van der Waals surface area (Å²) in [6, 6.07) is 8.63. The zero-order valence-electron chi connectivity index (χ0n) is 12.6. The van der Waals surface area contributed by atoms with Crippen molar-refractivity contribution in [1.82, 2.24) is 4.90 Å². The molecule has 0 amide bonds. The maximum absolute atomic E-state index is 3.57. The molecule has 2 nitrogen and oxygen atoms in total. The van der Waals surface area contributed by atoms with Crippen LogP contribution in [-0.2, 0) is 5.41 Å². The van der Waals surface area contributed by atoms with Crippen molar-refractivity contribution in [3.63, 3.8) is 0 Å². The van der Waals surface area contributed by atoms with Crippen molar-refractivity contribution in [2.24, 2.45) is 0 Å². The van der Waals surface area contributed by atoms with Crippen LogP contribution in [0.4, 0.5) is 5.69 Å². The van der Waals surface area contributed by atoms with Crippen molar-refractivity contribution >= 4 is 5.69 Å². The number of nitrogens with one attached hydrogen (secondary N) is 1. The molecule has 1 aromatic rings. The minimum atomic E-state index is 0.193. The topological polar surface area (TPSA) is 15.3 Å². The Morgan fingerprint density at radius 3 is 2.39 bits per heavy atom. The summed E-state index contributed by atoms with van der Waals surface area (Å²) in [4.78, 5) is 2.37. The van der Waals surface area contributed by atoms with Crippen LogP contribution >= 0.6 is 0 Å². The molecule has 0 atom stereocenters. The predicted octanol–water partition coefficient (Wildman–Crippen LogP) is 3.74. The molecule has 0 radical (unpaired) electrons. The minimum Gasteiger partial charge on any atom is -0.384 e. The number of likely N-dealkylation sites (N-methyl/N-ethyl adjacent to an activating group) is 1. The third-order valence-corrected chi connectivity index (χ3v) is 3.15. The third-order valence-electron chi connectivity index (χ3n) is 3.15. The monoisotopic (exact) mass is 248 g/mol. The molecular formula is C16H28N2. The Morgan fingerprint density at radius 2 is 1.78 bits per heavy atom. The van der Waals surface area contributed by atoms with E-state index in [9.17, 15) is 0 Å². The zero-order chi connectivity index (χ0) is 13.6. The summed E-state index contributed by atoms with van der Waals surface area (Å²) in [5, 5.41) is 3.57. The highest BCUT2D eigenvalue weighted by Gasteiger charge is 2.16. The van der Waals surface area contributed by atoms with Gasteiger partial charge in [0.15, 0.2) is 0 Å². The first-order valence-corrected chi connectivity index (χ1v) is 6.97. The maximum Gasteiger partial charge on any atom is 0.0378 e. The zero-order valence-corrected chi connectivity index (χ0v) is 12.6. The molecule has 0 saturated carbocycles. The Hall–Kier alpha value is -1.02. The lowest BCUT2D eigenvalue weighted by Crippen LogP contribution is -2.26. The third kappa shape index (κ3) is 4.69. The fourth-order valence-corrected chi connectivity index (χ4v) is 2.17. The van der Waals surface area contributed by atoms with Gasteiger partial charge in [0.2, 0.25) is 0 Å². The van der Waals surface area contributed by atoms with Crippen LogP contribution < -0.4 is 5.32 Å². The first kappa shape index (κ1) is 15.0. The molecule has 18 heavy (non-hydrogen) atoms. The molecular weight excluding hydrogens is 220 g/mol. The van der Waals surface area contributed by atoms with E-state index in [0.717, 1.165) is 13.1 Å². The summed E-state index contributed by atoms with van der Waals surface area (Å²) in [5.74, 6) is 0. The first-order valence-electron chi connectivity index (χ1n) is 6.97. The second-order valence-corrected chi connectivity index (χ2v) is 6.03. The fraction of sp³-hybridized carbons (Fsp3) is 0.625.